The van der Waals surface area contributed by atoms with Gasteiger partial charge in [-0.05, 0) is 18.8 Å². The number of nitrogens with zero attached hydrogens (tertiary/aromatic N) is 2. The highest BCUT2D eigenvalue weighted by Crippen LogP contribution is 2.28. The van der Waals surface area contributed by atoms with Crippen LogP contribution in [0.1, 0.15) is 29.6 Å². The third-order valence-electron chi connectivity index (χ3n) is 2.95. The number of rotatable bonds is 4. The van der Waals surface area contributed by atoms with E-state index < -0.39 is 9.84 Å². The Balaban J connectivity index is 2.37. The van der Waals surface area contributed by atoms with Crippen LogP contribution in [0.4, 0.5) is 0 Å². The summed E-state index contributed by atoms with van der Waals surface area (Å²) in [6, 6.07) is 0. The van der Waals surface area contributed by atoms with E-state index in [1.54, 1.807) is 0 Å². The quantitative estimate of drug-likeness (QED) is 0.735. The largest absolute Gasteiger partial charge is 0.298 e. The lowest BCUT2D eigenvalue weighted by atomic mass is 9.85. The first kappa shape index (κ1) is 11.3. The normalized spacial score (nSPS) is 17.1. The van der Waals surface area contributed by atoms with Gasteiger partial charge in [-0.1, -0.05) is 6.42 Å². The van der Waals surface area contributed by atoms with Crippen molar-refractivity contribution in [2.75, 3.05) is 6.26 Å². The van der Waals surface area contributed by atoms with E-state index in [2.05, 4.69) is 5.10 Å². The van der Waals surface area contributed by atoms with Gasteiger partial charge in [0.05, 0.1) is 11.8 Å². The van der Waals surface area contributed by atoms with Crippen molar-refractivity contribution in [1.82, 2.24) is 9.78 Å². The molecule has 1 aliphatic carbocycles. The van der Waals surface area contributed by atoms with Gasteiger partial charge in [-0.3, -0.25) is 9.48 Å². The van der Waals surface area contributed by atoms with E-state index in [1.165, 1.54) is 17.3 Å². The SMILES string of the molecule is CS(=O)(=O)c1c(C=O)cnn1CC1CCC1. The van der Waals surface area contributed by atoms with Crippen LogP contribution >= 0.6 is 0 Å². The lowest BCUT2D eigenvalue weighted by Crippen LogP contribution is -2.21. The summed E-state index contributed by atoms with van der Waals surface area (Å²) in [6.07, 6.45) is 6.39. The molecule has 0 N–H and O–H groups in total. The van der Waals surface area contributed by atoms with Gasteiger partial charge in [0, 0.05) is 12.8 Å². The molecule has 0 spiro atoms. The summed E-state index contributed by atoms with van der Waals surface area (Å²) < 4.78 is 24.6. The molecule has 1 fully saturated rings. The molecule has 0 atom stereocenters. The number of hydrogen-bond donors (Lipinski definition) is 0. The fraction of sp³-hybridized carbons (Fsp3) is 0.600. The molecule has 0 radical (unpaired) electrons. The third kappa shape index (κ3) is 2.02. The van der Waals surface area contributed by atoms with Gasteiger partial charge in [0.25, 0.3) is 0 Å². The lowest BCUT2D eigenvalue weighted by Gasteiger charge is -2.25. The highest BCUT2D eigenvalue weighted by Gasteiger charge is 2.24. The minimum atomic E-state index is -3.39. The number of aromatic nitrogens is 2. The minimum absolute atomic E-state index is 0.0504. The zero-order valence-electron chi connectivity index (χ0n) is 9.09. The molecule has 2 rings (SSSR count). The van der Waals surface area contributed by atoms with Gasteiger partial charge in [0.1, 0.15) is 0 Å². The molecule has 1 aromatic heterocycles. The molecule has 88 valence electrons. The second-order valence-corrected chi connectivity index (χ2v) is 6.21. The van der Waals surface area contributed by atoms with E-state index >= 15 is 0 Å². The first-order valence-corrected chi connectivity index (χ1v) is 7.12. The Morgan fingerprint density at radius 2 is 2.25 bits per heavy atom. The van der Waals surface area contributed by atoms with Gasteiger partial charge < -0.3 is 0 Å². The Bertz CT molecular complexity index is 500. The van der Waals surface area contributed by atoms with Crippen LogP contribution in [0.5, 0.6) is 0 Å². The molecule has 1 heterocycles. The highest BCUT2D eigenvalue weighted by molar-refractivity contribution is 7.90. The van der Waals surface area contributed by atoms with Gasteiger partial charge in [0.2, 0.25) is 0 Å². The van der Waals surface area contributed by atoms with E-state index in [-0.39, 0.29) is 10.6 Å². The van der Waals surface area contributed by atoms with Crippen molar-refractivity contribution in [3.8, 4) is 0 Å². The first-order chi connectivity index (χ1) is 7.52. The monoisotopic (exact) mass is 242 g/mol. The molecule has 1 aromatic rings. The molecule has 0 saturated heterocycles. The average Bonchev–Trinajstić information content (AvgIpc) is 2.53. The number of aldehydes is 1. The van der Waals surface area contributed by atoms with Gasteiger partial charge in [-0.15, -0.1) is 0 Å². The zero-order chi connectivity index (χ0) is 11.8. The highest BCUT2D eigenvalue weighted by atomic mass is 32.2. The second-order valence-electron chi connectivity index (χ2n) is 4.27. The van der Waals surface area contributed by atoms with Gasteiger partial charge in [-0.2, -0.15) is 5.10 Å². The molecular weight excluding hydrogens is 228 g/mol. The van der Waals surface area contributed by atoms with Crippen molar-refractivity contribution in [2.45, 2.75) is 30.8 Å². The van der Waals surface area contributed by atoms with Crippen molar-refractivity contribution in [3.63, 3.8) is 0 Å². The molecular formula is C10H14N2O3S. The number of carbonyl (C=O) groups is 1. The molecule has 6 heteroatoms. The van der Waals surface area contributed by atoms with Crippen molar-refractivity contribution < 1.29 is 13.2 Å². The Labute approximate surface area is 94.4 Å². The van der Waals surface area contributed by atoms with Crippen LogP contribution < -0.4 is 0 Å². The van der Waals surface area contributed by atoms with E-state index in [9.17, 15) is 13.2 Å². The predicted molar refractivity (Wildman–Crippen MR) is 58.1 cm³/mol. The molecule has 5 nitrogen and oxygen atoms in total. The van der Waals surface area contributed by atoms with Gasteiger partial charge in [0.15, 0.2) is 21.1 Å². The van der Waals surface area contributed by atoms with E-state index in [0.29, 0.717) is 18.7 Å². The van der Waals surface area contributed by atoms with E-state index in [0.717, 1.165) is 19.1 Å². The predicted octanol–water partition coefficient (Wildman–Crippen LogP) is 0.899. The molecule has 0 amide bonds. The number of hydrogen-bond acceptors (Lipinski definition) is 4. The van der Waals surface area contributed by atoms with Crippen molar-refractivity contribution in [3.05, 3.63) is 11.8 Å². The summed E-state index contributed by atoms with van der Waals surface area (Å²) in [5, 5.41) is 4.03. The summed E-state index contributed by atoms with van der Waals surface area (Å²) >= 11 is 0. The first-order valence-electron chi connectivity index (χ1n) is 5.23. The van der Waals surface area contributed by atoms with Crippen LogP contribution in [0, 0.1) is 5.92 Å². The Morgan fingerprint density at radius 1 is 1.56 bits per heavy atom. The smallest absolute Gasteiger partial charge is 0.193 e. The van der Waals surface area contributed by atoms with Gasteiger partial charge in [-0.25, -0.2) is 8.42 Å². The fourth-order valence-corrected chi connectivity index (χ4v) is 2.96. The Kier molecular flexibility index (Phi) is 2.84. The molecule has 0 unspecified atom stereocenters. The molecule has 1 aliphatic rings. The molecule has 0 aromatic carbocycles. The maximum absolute atomic E-state index is 11.6. The van der Waals surface area contributed by atoms with Crippen molar-refractivity contribution in [2.24, 2.45) is 5.92 Å². The molecule has 0 bridgehead atoms. The molecule has 16 heavy (non-hydrogen) atoms. The van der Waals surface area contributed by atoms with Crippen LogP contribution in [-0.4, -0.2) is 30.7 Å². The van der Waals surface area contributed by atoms with Crippen LogP contribution in [0.25, 0.3) is 0 Å². The maximum Gasteiger partial charge on any atom is 0.193 e. The topological polar surface area (TPSA) is 69.0 Å². The summed E-state index contributed by atoms with van der Waals surface area (Å²) in [4.78, 5) is 10.7. The summed E-state index contributed by atoms with van der Waals surface area (Å²) in [5.41, 5.74) is 0.154. The minimum Gasteiger partial charge on any atom is -0.298 e. The van der Waals surface area contributed by atoms with Crippen LogP contribution in [-0.2, 0) is 16.4 Å². The Morgan fingerprint density at radius 3 is 2.69 bits per heavy atom. The summed E-state index contributed by atoms with van der Waals surface area (Å²) in [7, 11) is -3.39. The molecule has 0 aliphatic heterocycles. The standard InChI is InChI=1S/C10H14N2O3S/c1-16(14,15)10-9(7-13)5-11-12(10)6-8-3-2-4-8/h5,7-8H,2-4,6H2,1H3. The lowest BCUT2D eigenvalue weighted by molar-refractivity contribution is 0.111. The number of carbonyl (C=O) groups excluding carboxylic acids is 1. The van der Waals surface area contributed by atoms with Crippen LogP contribution in [0.15, 0.2) is 11.2 Å². The second kappa shape index (κ2) is 4.01. The van der Waals surface area contributed by atoms with Crippen LogP contribution in [0.3, 0.4) is 0 Å². The van der Waals surface area contributed by atoms with E-state index in [1.807, 2.05) is 0 Å². The summed E-state index contributed by atoms with van der Waals surface area (Å²) in [6.45, 7) is 0.593. The van der Waals surface area contributed by atoms with E-state index in [4.69, 9.17) is 0 Å². The third-order valence-corrected chi connectivity index (χ3v) is 4.10. The van der Waals surface area contributed by atoms with Crippen molar-refractivity contribution in [1.29, 1.82) is 0 Å². The van der Waals surface area contributed by atoms with Crippen LogP contribution in [0.2, 0.25) is 0 Å². The summed E-state index contributed by atoms with van der Waals surface area (Å²) in [5.74, 6) is 0.500. The molecule has 1 saturated carbocycles. The number of sulfone groups is 1. The van der Waals surface area contributed by atoms with Gasteiger partial charge >= 0.3 is 0 Å². The average molecular weight is 242 g/mol. The maximum atomic E-state index is 11.6. The van der Waals surface area contributed by atoms with Crippen molar-refractivity contribution >= 4 is 16.1 Å². The Hall–Kier alpha value is -1.17. The fourth-order valence-electron chi connectivity index (χ4n) is 1.92. The zero-order valence-corrected chi connectivity index (χ0v) is 9.90.